The Morgan fingerprint density at radius 3 is 2.31 bits per heavy atom. The molecule has 1 N–H and O–H groups in total. The van der Waals surface area contributed by atoms with Crippen LogP contribution in [0.5, 0.6) is 5.75 Å². The second-order valence-corrected chi connectivity index (χ2v) is 7.07. The Hall–Kier alpha value is -3.15. The molecule has 0 saturated heterocycles. The summed E-state index contributed by atoms with van der Waals surface area (Å²) in [4.78, 5) is 36.8. The minimum absolute atomic E-state index is 0.0309. The van der Waals surface area contributed by atoms with Crippen molar-refractivity contribution < 1.29 is 23.9 Å². The number of amides is 1. The molecular weight excluding hydrogens is 370 g/mol. The minimum atomic E-state index is -0.997. The zero-order valence-corrected chi connectivity index (χ0v) is 17.5. The van der Waals surface area contributed by atoms with Gasteiger partial charge in [0.15, 0.2) is 11.9 Å². The molecule has 0 unspecified atom stereocenters. The number of Topliss-reactive ketones (excluding diaryl/α,β-unsaturated/α-hetero) is 1. The van der Waals surface area contributed by atoms with Crippen molar-refractivity contribution in [3.63, 3.8) is 0 Å². The van der Waals surface area contributed by atoms with Crippen molar-refractivity contribution in [3.05, 3.63) is 58.7 Å². The summed E-state index contributed by atoms with van der Waals surface area (Å²) in [5, 5.41) is 2.70. The summed E-state index contributed by atoms with van der Waals surface area (Å²) in [7, 11) is 1.51. The van der Waals surface area contributed by atoms with Crippen molar-refractivity contribution in [1.29, 1.82) is 0 Å². The second-order valence-electron chi connectivity index (χ2n) is 7.07. The van der Waals surface area contributed by atoms with Crippen LogP contribution in [0.4, 0.5) is 5.69 Å². The smallest absolute Gasteiger partial charge is 0.307 e. The lowest BCUT2D eigenvalue weighted by Gasteiger charge is -2.15. The van der Waals surface area contributed by atoms with E-state index in [2.05, 4.69) is 5.32 Å². The number of ether oxygens (including phenoxy) is 2. The normalized spacial score (nSPS) is 11.5. The molecule has 0 radical (unpaired) electrons. The fourth-order valence-electron chi connectivity index (χ4n) is 2.85. The maximum absolute atomic E-state index is 12.4. The summed E-state index contributed by atoms with van der Waals surface area (Å²) < 4.78 is 10.4. The molecular formula is C23H27NO5. The van der Waals surface area contributed by atoms with E-state index >= 15 is 0 Å². The number of anilines is 1. The SMILES string of the molecule is COc1ccc(C)cc1NC(=O)[C@@H](C)OC(=O)CCC(=O)c1cc(C)ccc1C. The number of hydrogen-bond donors (Lipinski definition) is 1. The standard InChI is InChI=1S/C23H27NO5/c1-14-6-8-16(3)18(12-14)20(25)9-11-22(26)29-17(4)23(27)24-19-13-15(2)7-10-21(19)28-5/h6-8,10,12-13,17H,9,11H2,1-5H3,(H,24,27)/t17-/m1/s1. The van der Waals surface area contributed by atoms with E-state index in [-0.39, 0.29) is 18.6 Å². The lowest BCUT2D eigenvalue weighted by molar-refractivity contribution is -0.153. The number of carbonyl (C=O) groups excluding carboxylic acids is 3. The monoisotopic (exact) mass is 397 g/mol. The van der Waals surface area contributed by atoms with Gasteiger partial charge in [-0.05, 0) is 57.0 Å². The summed E-state index contributed by atoms with van der Waals surface area (Å²) in [6, 6.07) is 11.0. The molecule has 1 amide bonds. The molecule has 0 fully saturated rings. The first-order valence-electron chi connectivity index (χ1n) is 9.46. The van der Waals surface area contributed by atoms with Crippen molar-refractivity contribution in [3.8, 4) is 5.75 Å². The van der Waals surface area contributed by atoms with Crippen LogP contribution in [0.25, 0.3) is 0 Å². The van der Waals surface area contributed by atoms with E-state index in [0.29, 0.717) is 17.0 Å². The fourth-order valence-corrected chi connectivity index (χ4v) is 2.85. The third kappa shape index (κ3) is 6.17. The lowest BCUT2D eigenvalue weighted by Crippen LogP contribution is -2.30. The quantitative estimate of drug-likeness (QED) is 0.534. The van der Waals surface area contributed by atoms with E-state index in [4.69, 9.17) is 9.47 Å². The molecule has 29 heavy (non-hydrogen) atoms. The molecule has 2 aromatic carbocycles. The Balaban J connectivity index is 1.90. The molecule has 0 aromatic heterocycles. The predicted octanol–water partition coefficient (Wildman–Crippen LogP) is 4.15. The second kappa shape index (κ2) is 9.87. The highest BCUT2D eigenvalue weighted by Gasteiger charge is 2.20. The maximum Gasteiger partial charge on any atom is 0.307 e. The first kappa shape index (κ1) is 22.1. The summed E-state index contributed by atoms with van der Waals surface area (Å²) in [6.45, 7) is 7.15. The van der Waals surface area contributed by atoms with Crippen molar-refractivity contribution in [2.45, 2.75) is 46.6 Å². The van der Waals surface area contributed by atoms with E-state index in [1.807, 2.05) is 45.0 Å². The fraction of sp³-hybridized carbons (Fsp3) is 0.348. The van der Waals surface area contributed by atoms with E-state index in [1.165, 1.54) is 14.0 Å². The number of rotatable bonds is 8. The minimum Gasteiger partial charge on any atom is -0.495 e. The van der Waals surface area contributed by atoms with Crippen molar-refractivity contribution in [1.82, 2.24) is 0 Å². The van der Waals surface area contributed by atoms with Gasteiger partial charge in [0.05, 0.1) is 19.2 Å². The zero-order valence-electron chi connectivity index (χ0n) is 17.5. The van der Waals surface area contributed by atoms with Gasteiger partial charge in [0.2, 0.25) is 0 Å². The zero-order chi connectivity index (χ0) is 21.6. The highest BCUT2D eigenvalue weighted by Crippen LogP contribution is 2.25. The molecule has 154 valence electrons. The Kier molecular flexibility index (Phi) is 7.53. The number of aryl methyl sites for hydroxylation is 3. The van der Waals surface area contributed by atoms with Gasteiger partial charge in [-0.2, -0.15) is 0 Å². The number of methoxy groups -OCH3 is 1. The average Bonchev–Trinajstić information content (AvgIpc) is 2.68. The van der Waals surface area contributed by atoms with Crippen LogP contribution in [0, 0.1) is 20.8 Å². The maximum atomic E-state index is 12.4. The van der Waals surface area contributed by atoms with Crippen LogP contribution in [0.2, 0.25) is 0 Å². The van der Waals surface area contributed by atoms with Gasteiger partial charge in [-0.25, -0.2) is 0 Å². The summed E-state index contributed by atoms with van der Waals surface area (Å²) >= 11 is 0. The van der Waals surface area contributed by atoms with Crippen LogP contribution in [-0.2, 0) is 14.3 Å². The van der Waals surface area contributed by atoms with Gasteiger partial charge in [0, 0.05) is 12.0 Å². The van der Waals surface area contributed by atoms with Crippen molar-refractivity contribution in [2.24, 2.45) is 0 Å². The lowest BCUT2D eigenvalue weighted by atomic mass is 9.99. The molecule has 0 bridgehead atoms. The Morgan fingerprint density at radius 2 is 1.62 bits per heavy atom. The number of hydrogen-bond acceptors (Lipinski definition) is 5. The van der Waals surface area contributed by atoms with E-state index in [1.54, 1.807) is 12.1 Å². The first-order chi connectivity index (χ1) is 13.7. The number of ketones is 1. The highest BCUT2D eigenvalue weighted by atomic mass is 16.5. The molecule has 0 saturated carbocycles. The van der Waals surface area contributed by atoms with Crippen LogP contribution < -0.4 is 10.1 Å². The largest absolute Gasteiger partial charge is 0.495 e. The van der Waals surface area contributed by atoms with Crippen LogP contribution >= 0.6 is 0 Å². The predicted molar refractivity (Wildman–Crippen MR) is 111 cm³/mol. The van der Waals surface area contributed by atoms with Gasteiger partial charge in [-0.1, -0.05) is 23.8 Å². The number of esters is 1. The Labute approximate surface area is 171 Å². The van der Waals surface area contributed by atoms with Crippen molar-refractivity contribution in [2.75, 3.05) is 12.4 Å². The third-order valence-corrected chi connectivity index (χ3v) is 4.54. The van der Waals surface area contributed by atoms with Crippen LogP contribution in [-0.4, -0.2) is 30.9 Å². The number of nitrogens with one attached hydrogen (secondary N) is 1. The van der Waals surface area contributed by atoms with E-state index in [0.717, 1.165) is 16.7 Å². The molecule has 0 aliphatic heterocycles. The van der Waals surface area contributed by atoms with Gasteiger partial charge in [0.1, 0.15) is 5.75 Å². The summed E-state index contributed by atoms with van der Waals surface area (Å²) in [5.41, 5.74) is 3.92. The molecule has 0 aliphatic rings. The van der Waals surface area contributed by atoms with Gasteiger partial charge in [-0.3, -0.25) is 14.4 Å². The topological polar surface area (TPSA) is 81.7 Å². The van der Waals surface area contributed by atoms with Gasteiger partial charge < -0.3 is 14.8 Å². The summed E-state index contributed by atoms with van der Waals surface area (Å²) in [6.07, 6.45) is -1.05. The Morgan fingerprint density at radius 1 is 0.966 bits per heavy atom. The first-order valence-corrected chi connectivity index (χ1v) is 9.46. The molecule has 0 heterocycles. The van der Waals surface area contributed by atoms with Gasteiger partial charge >= 0.3 is 5.97 Å². The highest BCUT2D eigenvalue weighted by molar-refractivity contribution is 5.99. The number of benzene rings is 2. The molecule has 6 heteroatoms. The van der Waals surface area contributed by atoms with E-state index in [9.17, 15) is 14.4 Å². The molecule has 0 aliphatic carbocycles. The molecule has 0 spiro atoms. The average molecular weight is 397 g/mol. The van der Waals surface area contributed by atoms with Crippen molar-refractivity contribution >= 4 is 23.3 Å². The van der Waals surface area contributed by atoms with Crippen LogP contribution in [0.15, 0.2) is 36.4 Å². The van der Waals surface area contributed by atoms with Gasteiger partial charge in [0.25, 0.3) is 5.91 Å². The summed E-state index contributed by atoms with van der Waals surface area (Å²) in [5.74, 6) is -0.669. The number of carbonyl (C=O) groups is 3. The van der Waals surface area contributed by atoms with E-state index < -0.39 is 18.0 Å². The molecule has 2 rings (SSSR count). The van der Waals surface area contributed by atoms with Crippen LogP contribution in [0.1, 0.15) is 46.8 Å². The molecule has 2 aromatic rings. The van der Waals surface area contributed by atoms with Crippen LogP contribution in [0.3, 0.4) is 0 Å². The molecule has 6 nitrogen and oxygen atoms in total. The van der Waals surface area contributed by atoms with Gasteiger partial charge in [-0.15, -0.1) is 0 Å². The molecule has 1 atom stereocenters. The third-order valence-electron chi connectivity index (χ3n) is 4.54. The Bertz CT molecular complexity index is 919.